The highest BCUT2D eigenvalue weighted by atomic mass is 35.5. The van der Waals surface area contributed by atoms with Crippen LogP contribution in [0, 0.1) is 6.92 Å². The fourth-order valence-electron chi connectivity index (χ4n) is 2.05. The van der Waals surface area contributed by atoms with Gasteiger partial charge in [0.05, 0.1) is 4.34 Å². The lowest BCUT2D eigenvalue weighted by Crippen LogP contribution is -2.23. The maximum absolute atomic E-state index is 6.18. The molecule has 0 bridgehead atoms. The number of nitrogens with two attached hydrogens (primary N) is 1. The highest BCUT2D eigenvalue weighted by Gasteiger charge is 2.07. The summed E-state index contributed by atoms with van der Waals surface area (Å²) in [5, 5.41) is 0. The number of aryl methyl sites for hydroxylation is 2. The van der Waals surface area contributed by atoms with Crippen LogP contribution in [0.2, 0.25) is 4.34 Å². The summed E-state index contributed by atoms with van der Waals surface area (Å²) < 4.78 is 0.844. The molecule has 18 heavy (non-hydrogen) atoms. The van der Waals surface area contributed by atoms with Crippen molar-refractivity contribution >= 4 is 22.9 Å². The summed E-state index contributed by atoms with van der Waals surface area (Å²) in [5.74, 6) is 0. The minimum absolute atomic E-state index is 0.208. The third-order valence-corrected chi connectivity index (χ3v) is 4.39. The van der Waals surface area contributed by atoms with Crippen LogP contribution in [0.1, 0.15) is 22.4 Å². The van der Waals surface area contributed by atoms with E-state index in [0.717, 1.165) is 23.6 Å². The summed E-state index contributed by atoms with van der Waals surface area (Å²) in [7, 11) is 0. The van der Waals surface area contributed by atoms with Crippen molar-refractivity contribution in [2.75, 3.05) is 0 Å². The molecule has 2 N–H and O–H groups in total. The standard InChI is InChI=1S/C15H18ClNS/c1-11-4-2-3-5-12(11)6-7-13(17)10-14-8-9-15(16)18-14/h2-5,8-9,13H,6-7,10,17H2,1H3. The molecule has 1 atom stereocenters. The van der Waals surface area contributed by atoms with Crippen molar-refractivity contribution in [3.05, 3.63) is 56.7 Å². The van der Waals surface area contributed by atoms with Crippen molar-refractivity contribution in [3.63, 3.8) is 0 Å². The second kappa shape index (κ2) is 6.37. The van der Waals surface area contributed by atoms with Crippen molar-refractivity contribution in [1.29, 1.82) is 0 Å². The van der Waals surface area contributed by atoms with Gasteiger partial charge < -0.3 is 5.73 Å². The molecule has 0 saturated heterocycles. The Balaban J connectivity index is 1.85. The van der Waals surface area contributed by atoms with Gasteiger partial charge in [0.2, 0.25) is 0 Å². The van der Waals surface area contributed by atoms with Crippen LogP contribution < -0.4 is 5.73 Å². The van der Waals surface area contributed by atoms with Crippen molar-refractivity contribution < 1.29 is 0 Å². The van der Waals surface area contributed by atoms with Gasteiger partial charge in [-0.05, 0) is 49.4 Å². The third-order valence-electron chi connectivity index (χ3n) is 3.14. The molecule has 1 unspecified atom stereocenters. The number of rotatable bonds is 5. The first-order valence-corrected chi connectivity index (χ1v) is 7.39. The Labute approximate surface area is 118 Å². The Hall–Kier alpha value is -0.830. The fourth-order valence-corrected chi connectivity index (χ4v) is 3.23. The molecule has 1 nitrogen and oxygen atoms in total. The van der Waals surface area contributed by atoms with Crippen LogP contribution in [0.3, 0.4) is 0 Å². The zero-order valence-corrected chi connectivity index (χ0v) is 12.1. The Bertz CT molecular complexity index is 507. The lowest BCUT2D eigenvalue weighted by atomic mass is 10.00. The second-order valence-electron chi connectivity index (χ2n) is 4.64. The van der Waals surface area contributed by atoms with E-state index in [1.807, 2.05) is 6.07 Å². The van der Waals surface area contributed by atoms with E-state index in [1.165, 1.54) is 16.0 Å². The smallest absolute Gasteiger partial charge is 0.0931 e. The highest BCUT2D eigenvalue weighted by Crippen LogP contribution is 2.23. The molecule has 1 heterocycles. The van der Waals surface area contributed by atoms with Crippen LogP contribution in [-0.4, -0.2) is 6.04 Å². The number of thiophene rings is 1. The van der Waals surface area contributed by atoms with Gasteiger partial charge in [0.25, 0.3) is 0 Å². The minimum atomic E-state index is 0.208. The Morgan fingerprint density at radius 3 is 2.67 bits per heavy atom. The molecule has 0 amide bonds. The average Bonchev–Trinajstić information content (AvgIpc) is 2.74. The number of hydrogen-bond acceptors (Lipinski definition) is 2. The van der Waals surface area contributed by atoms with Crippen LogP contribution in [0.15, 0.2) is 36.4 Å². The quantitative estimate of drug-likeness (QED) is 0.872. The van der Waals surface area contributed by atoms with Gasteiger partial charge >= 0.3 is 0 Å². The van der Waals surface area contributed by atoms with Crippen LogP contribution in [-0.2, 0) is 12.8 Å². The molecule has 0 aliphatic rings. The van der Waals surface area contributed by atoms with E-state index in [1.54, 1.807) is 11.3 Å². The molecule has 2 aromatic rings. The summed E-state index contributed by atoms with van der Waals surface area (Å²) in [5.41, 5.74) is 8.93. The highest BCUT2D eigenvalue weighted by molar-refractivity contribution is 7.16. The van der Waals surface area contributed by atoms with E-state index >= 15 is 0 Å². The summed E-state index contributed by atoms with van der Waals surface area (Å²) in [6.45, 7) is 2.15. The summed E-state index contributed by atoms with van der Waals surface area (Å²) in [6, 6.07) is 12.7. The van der Waals surface area contributed by atoms with E-state index < -0.39 is 0 Å². The maximum atomic E-state index is 6.18. The van der Waals surface area contributed by atoms with Gasteiger partial charge in [-0.1, -0.05) is 35.9 Å². The molecule has 96 valence electrons. The number of benzene rings is 1. The van der Waals surface area contributed by atoms with Gasteiger partial charge in [0.1, 0.15) is 0 Å². The molecule has 1 aromatic carbocycles. The van der Waals surface area contributed by atoms with Gasteiger partial charge in [-0.25, -0.2) is 0 Å². The molecule has 0 fully saturated rings. The lowest BCUT2D eigenvalue weighted by molar-refractivity contribution is 0.614. The maximum Gasteiger partial charge on any atom is 0.0931 e. The Kier molecular flexibility index (Phi) is 4.81. The minimum Gasteiger partial charge on any atom is -0.327 e. The van der Waals surface area contributed by atoms with E-state index in [0.29, 0.717) is 0 Å². The van der Waals surface area contributed by atoms with Gasteiger partial charge in [-0.15, -0.1) is 11.3 Å². The van der Waals surface area contributed by atoms with Gasteiger partial charge in [0, 0.05) is 10.9 Å². The van der Waals surface area contributed by atoms with Gasteiger partial charge in [-0.3, -0.25) is 0 Å². The zero-order chi connectivity index (χ0) is 13.0. The zero-order valence-electron chi connectivity index (χ0n) is 10.5. The van der Waals surface area contributed by atoms with E-state index in [9.17, 15) is 0 Å². The number of hydrogen-bond donors (Lipinski definition) is 1. The fraction of sp³-hybridized carbons (Fsp3) is 0.333. The molecule has 0 saturated carbocycles. The molecular formula is C15H18ClNS. The predicted octanol–water partition coefficient (Wildman–Crippen LogP) is 4.21. The van der Waals surface area contributed by atoms with Gasteiger partial charge in [0.15, 0.2) is 0 Å². The summed E-state index contributed by atoms with van der Waals surface area (Å²) >= 11 is 7.54. The summed E-state index contributed by atoms with van der Waals surface area (Å²) in [4.78, 5) is 1.28. The van der Waals surface area contributed by atoms with Crippen molar-refractivity contribution in [2.45, 2.75) is 32.2 Å². The molecule has 2 rings (SSSR count). The Morgan fingerprint density at radius 2 is 2.00 bits per heavy atom. The molecular weight excluding hydrogens is 262 g/mol. The van der Waals surface area contributed by atoms with Crippen LogP contribution >= 0.6 is 22.9 Å². The molecule has 0 aliphatic heterocycles. The topological polar surface area (TPSA) is 26.0 Å². The normalized spacial score (nSPS) is 12.6. The Morgan fingerprint density at radius 1 is 1.22 bits per heavy atom. The van der Waals surface area contributed by atoms with E-state index in [-0.39, 0.29) is 6.04 Å². The lowest BCUT2D eigenvalue weighted by Gasteiger charge is -2.11. The monoisotopic (exact) mass is 279 g/mol. The van der Waals surface area contributed by atoms with Gasteiger partial charge in [-0.2, -0.15) is 0 Å². The molecule has 0 aliphatic carbocycles. The SMILES string of the molecule is Cc1ccccc1CCC(N)Cc1ccc(Cl)s1. The first-order valence-electron chi connectivity index (χ1n) is 6.19. The summed E-state index contributed by atoms with van der Waals surface area (Å²) in [6.07, 6.45) is 2.98. The molecule has 3 heteroatoms. The number of halogens is 1. The largest absolute Gasteiger partial charge is 0.327 e. The van der Waals surface area contributed by atoms with E-state index in [2.05, 4.69) is 37.3 Å². The van der Waals surface area contributed by atoms with Crippen LogP contribution in [0.4, 0.5) is 0 Å². The van der Waals surface area contributed by atoms with Crippen molar-refractivity contribution in [1.82, 2.24) is 0 Å². The first kappa shape index (κ1) is 13.6. The molecule has 0 spiro atoms. The molecule has 1 aromatic heterocycles. The second-order valence-corrected chi connectivity index (χ2v) is 6.43. The predicted molar refractivity (Wildman–Crippen MR) is 80.5 cm³/mol. The van der Waals surface area contributed by atoms with Crippen molar-refractivity contribution in [3.8, 4) is 0 Å². The van der Waals surface area contributed by atoms with Crippen LogP contribution in [0.5, 0.6) is 0 Å². The van der Waals surface area contributed by atoms with Crippen molar-refractivity contribution in [2.24, 2.45) is 5.73 Å². The molecule has 0 radical (unpaired) electrons. The van der Waals surface area contributed by atoms with E-state index in [4.69, 9.17) is 17.3 Å². The third kappa shape index (κ3) is 3.84. The van der Waals surface area contributed by atoms with Crippen LogP contribution in [0.25, 0.3) is 0 Å². The first-order chi connectivity index (χ1) is 8.65. The average molecular weight is 280 g/mol.